The maximum atomic E-state index is 11.9. The van der Waals surface area contributed by atoms with Crippen molar-refractivity contribution in [3.8, 4) is 5.75 Å². The Bertz CT molecular complexity index is 806. The number of rotatable bonds is 3. The van der Waals surface area contributed by atoms with Gasteiger partial charge in [0.05, 0.1) is 0 Å². The summed E-state index contributed by atoms with van der Waals surface area (Å²) in [4.78, 5) is 0. The van der Waals surface area contributed by atoms with Crippen LogP contribution in [0.25, 0.3) is 0 Å². The summed E-state index contributed by atoms with van der Waals surface area (Å²) in [7, 11) is 0. The standard InChI is InChI=1S/C29H40O/c1-17(2)24-3-4-25(28-11-18-5-19(12-28)7-20(6-18)13-28)26(27(24)30)29-14-21-8-22(15-29)10-23(9-21)16-29/h3-4,17-23,30H,5-16H2,1-2H3. The van der Waals surface area contributed by atoms with E-state index in [0.717, 1.165) is 41.3 Å². The fraction of sp³-hybridized carbons (Fsp3) is 0.793. The Morgan fingerprint density at radius 1 is 0.667 bits per heavy atom. The van der Waals surface area contributed by atoms with E-state index in [1.807, 2.05) is 0 Å². The molecule has 0 spiro atoms. The van der Waals surface area contributed by atoms with Crippen LogP contribution in [0.4, 0.5) is 0 Å². The molecule has 1 N–H and O–H groups in total. The number of phenolic OH excluding ortho intramolecular Hbond substituents is 1. The molecule has 0 radical (unpaired) electrons. The highest BCUT2D eigenvalue weighted by atomic mass is 16.3. The zero-order chi connectivity index (χ0) is 20.3. The Hall–Kier alpha value is -0.980. The predicted molar refractivity (Wildman–Crippen MR) is 122 cm³/mol. The Kier molecular flexibility index (Phi) is 3.76. The molecule has 1 aromatic carbocycles. The Balaban J connectivity index is 1.42. The topological polar surface area (TPSA) is 20.2 Å². The van der Waals surface area contributed by atoms with Gasteiger partial charge in [-0.2, -0.15) is 0 Å². The first-order valence-corrected chi connectivity index (χ1v) is 13.3. The molecule has 8 bridgehead atoms. The highest BCUT2D eigenvalue weighted by molar-refractivity contribution is 5.55. The third kappa shape index (κ3) is 2.47. The fourth-order valence-electron chi connectivity index (χ4n) is 10.9. The summed E-state index contributed by atoms with van der Waals surface area (Å²) in [5, 5.41) is 11.9. The Morgan fingerprint density at radius 3 is 1.47 bits per heavy atom. The van der Waals surface area contributed by atoms with E-state index in [1.54, 1.807) is 5.56 Å². The first-order chi connectivity index (χ1) is 14.4. The van der Waals surface area contributed by atoms with E-state index in [2.05, 4.69) is 26.0 Å². The molecule has 1 heteroatoms. The lowest BCUT2D eigenvalue weighted by atomic mass is 9.44. The molecule has 8 fully saturated rings. The van der Waals surface area contributed by atoms with Gasteiger partial charge in [0.25, 0.3) is 0 Å². The molecule has 0 saturated heterocycles. The van der Waals surface area contributed by atoms with Crippen molar-refractivity contribution in [3.05, 3.63) is 28.8 Å². The second kappa shape index (κ2) is 6.08. The number of hydrogen-bond acceptors (Lipinski definition) is 1. The maximum absolute atomic E-state index is 11.9. The highest BCUT2D eigenvalue weighted by Crippen LogP contribution is 2.67. The van der Waals surface area contributed by atoms with E-state index in [4.69, 9.17) is 0 Å². The van der Waals surface area contributed by atoms with Crippen molar-refractivity contribution in [2.24, 2.45) is 35.5 Å². The van der Waals surface area contributed by atoms with Gasteiger partial charge in [0.15, 0.2) is 0 Å². The lowest BCUT2D eigenvalue weighted by Gasteiger charge is -2.61. The minimum Gasteiger partial charge on any atom is -0.507 e. The average Bonchev–Trinajstić information content (AvgIpc) is 2.65. The lowest BCUT2D eigenvalue weighted by Crippen LogP contribution is -2.52. The normalized spacial score (nSPS) is 48.1. The molecule has 8 saturated carbocycles. The third-order valence-electron chi connectivity index (χ3n) is 11.0. The maximum Gasteiger partial charge on any atom is 0.123 e. The molecule has 0 unspecified atom stereocenters. The summed E-state index contributed by atoms with van der Waals surface area (Å²) in [5.74, 6) is 6.84. The van der Waals surface area contributed by atoms with Gasteiger partial charge in [0.2, 0.25) is 0 Å². The summed E-state index contributed by atoms with van der Waals surface area (Å²) in [6.45, 7) is 4.53. The molecule has 162 valence electrons. The van der Waals surface area contributed by atoms with Crippen LogP contribution in [0.1, 0.15) is 114 Å². The van der Waals surface area contributed by atoms with Crippen molar-refractivity contribution >= 4 is 0 Å². The van der Waals surface area contributed by atoms with E-state index in [9.17, 15) is 5.11 Å². The van der Waals surface area contributed by atoms with Gasteiger partial charge < -0.3 is 5.11 Å². The van der Waals surface area contributed by atoms with Crippen molar-refractivity contribution in [3.63, 3.8) is 0 Å². The zero-order valence-corrected chi connectivity index (χ0v) is 19.1. The molecule has 8 aliphatic carbocycles. The minimum absolute atomic E-state index is 0.294. The van der Waals surface area contributed by atoms with Crippen LogP contribution in [0.2, 0.25) is 0 Å². The van der Waals surface area contributed by atoms with Crippen LogP contribution in [0.15, 0.2) is 12.1 Å². The van der Waals surface area contributed by atoms with Crippen molar-refractivity contribution < 1.29 is 5.11 Å². The Morgan fingerprint density at radius 2 is 1.07 bits per heavy atom. The number of hydrogen-bond donors (Lipinski definition) is 1. The molecular formula is C29H40O. The van der Waals surface area contributed by atoms with E-state index in [1.165, 1.54) is 88.2 Å². The van der Waals surface area contributed by atoms with E-state index < -0.39 is 0 Å². The molecule has 0 heterocycles. The van der Waals surface area contributed by atoms with Gasteiger partial charge in [0, 0.05) is 11.0 Å². The van der Waals surface area contributed by atoms with Crippen molar-refractivity contribution in [2.75, 3.05) is 0 Å². The monoisotopic (exact) mass is 404 g/mol. The van der Waals surface area contributed by atoms with E-state index in [0.29, 0.717) is 16.7 Å². The van der Waals surface area contributed by atoms with E-state index >= 15 is 0 Å². The molecule has 0 aromatic heterocycles. The molecule has 0 aliphatic heterocycles. The molecular weight excluding hydrogens is 364 g/mol. The lowest BCUT2D eigenvalue weighted by molar-refractivity contribution is -0.0183. The van der Waals surface area contributed by atoms with Gasteiger partial charge in [0.1, 0.15) is 5.75 Å². The van der Waals surface area contributed by atoms with Crippen molar-refractivity contribution in [2.45, 2.75) is 108 Å². The van der Waals surface area contributed by atoms with Gasteiger partial charge >= 0.3 is 0 Å². The predicted octanol–water partition coefficient (Wildman–Crippen LogP) is 7.45. The van der Waals surface area contributed by atoms with Crippen LogP contribution in [-0.4, -0.2) is 5.11 Å². The largest absolute Gasteiger partial charge is 0.507 e. The summed E-state index contributed by atoms with van der Waals surface area (Å²) in [6, 6.07) is 4.88. The first kappa shape index (κ1) is 18.6. The number of benzene rings is 1. The second-order valence-corrected chi connectivity index (χ2v) is 13.5. The van der Waals surface area contributed by atoms with Gasteiger partial charge in [-0.25, -0.2) is 0 Å². The van der Waals surface area contributed by atoms with Crippen LogP contribution in [0.3, 0.4) is 0 Å². The summed E-state index contributed by atoms with van der Waals surface area (Å²) in [5.41, 5.74) is 5.04. The van der Waals surface area contributed by atoms with Crippen LogP contribution < -0.4 is 0 Å². The summed E-state index contributed by atoms with van der Waals surface area (Å²) < 4.78 is 0. The fourth-order valence-corrected chi connectivity index (χ4v) is 10.9. The van der Waals surface area contributed by atoms with Crippen molar-refractivity contribution in [1.82, 2.24) is 0 Å². The first-order valence-electron chi connectivity index (χ1n) is 13.3. The quantitative estimate of drug-likeness (QED) is 0.554. The van der Waals surface area contributed by atoms with Crippen LogP contribution >= 0.6 is 0 Å². The third-order valence-corrected chi connectivity index (χ3v) is 11.0. The molecule has 9 rings (SSSR count). The molecule has 0 atom stereocenters. The van der Waals surface area contributed by atoms with Crippen LogP contribution in [-0.2, 0) is 10.8 Å². The summed E-state index contributed by atoms with van der Waals surface area (Å²) >= 11 is 0. The minimum atomic E-state index is 0.294. The van der Waals surface area contributed by atoms with Crippen LogP contribution in [0, 0.1) is 35.5 Å². The number of phenols is 1. The Labute approximate surface area is 183 Å². The zero-order valence-electron chi connectivity index (χ0n) is 19.1. The van der Waals surface area contributed by atoms with Crippen LogP contribution in [0.5, 0.6) is 5.75 Å². The molecule has 0 amide bonds. The molecule has 1 nitrogen and oxygen atoms in total. The van der Waals surface area contributed by atoms with Crippen molar-refractivity contribution in [1.29, 1.82) is 0 Å². The molecule has 30 heavy (non-hydrogen) atoms. The molecule has 1 aromatic rings. The van der Waals surface area contributed by atoms with E-state index in [-0.39, 0.29) is 0 Å². The number of aromatic hydroxyl groups is 1. The van der Waals surface area contributed by atoms with Gasteiger partial charge in [-0.3, -0.25) is 0 Å². The van der Waals surface area contributed by atoms with Gasteiger partial charge in [-0.05, 0) is 135 Å². The second-order valence-electron chi connectivity index (χ2n) is 13.5. The average molecular weight is 405 g/mol. The highest BCUT2D eigenvalue weighted by Gasteiger charge is 2.57. The van der Waals surface area contributed by atoms with Gasteiger partial charge in [-0.1, -0.05) is 26.0 Å². The summed E-state index contributed by atoms with van der Waals surface area (Å²) in [6.07, 6.45) is 17.3. The molecule has 8 aliphatic rings. The van der Waals surface area contributed by atoms with Gasteiger partial charge in [-0.15, -0.1) is 0 Å². The smallest absolute Gasteiger partial charge is 0.123 e. The SMILES string of the molecule is CC(C)c1ccc(C23CC4CC(CC(C4)C2)C3)c(C23CC4CC(CC(C4)C2)C3)c1O.